The summed E-state index contributed by atoms with van der Waals surface area (Å²) in [6.07, 6.45) is 5.79. The molecule has 3 unspecified atom stereocenters. The molecule has 0 bridgehead atoms. The molecule has 1 aliphatic carbocycles. The third-order valence-corrected chi connectivity index (χ3v) is 4.96. The fourth-order valence-corrected chi connectivity index (χ4v) is 3.75. The van der Waals surface area contributed by atoms with Crippen LogP contribution < -0.4 is 5.32 Å². The standard InChI is InChI=1S/C16H32N2O/c1-13(2)17-10-14(3)11-18-9-8-16(19)7-5-4-6-15(16)12-18/h13-15,17,19H,4-12H2,1-3H3. The van der Waals surface area contributed by atoms with Crippen LogP contribution in [0.3, 0.4) is 0 Å². The van der Waals surface area contributed by atoms with E-state index >= 15 is 0 Å². The van der Waals surface area contributed by atoms with Gasteiger partial charge in [-0.2, -0.15) is 0 Å². The maximum absolute atomic E-state index is 10.7. The first-order valence-electron chi connectivity index (χ1n) is 8.18. The second-order valence-electron chi connectivity index (χ2n) is 7.22. The molecule has 2 rings (SSSR count). The van der Waals surface area contributed by atoms with E-state index in [-0.39, 0.29) is 5.60 Å². The van der Waals surface area contributed by atoms with Crippen molar-refractivity contribution in [3.05, 3.63) is 0 Å². The van der Waals surface area contributed by atoms with Crippen molar-refractivity contribution < 1.29 is 5.11 Å². The van der Waals surface area contributed by atoms with E-state index in [9.17, 15) is 5.11 Å². The minimum atomic E-state index is -0.325. The summed E-state index contributed by atoms with van der Waals surface area (Å²) in [4.78, 5) is 2.58. The van der Waals surface area contributed by atoms with Crippen molar-refractivity contribution in [1.82, 2.24) is 10.2 Å². The van der Waals surface area contributed by atoms with Gasteiger partial charge in [-0.3, -0.25) is 0 Å². The molecule has 3 heteroatoms. The first-order valence-corrected chi connectivity index (χ1v) is 8.18. The van der Waals surface area contributed by atoms with Crippen molar-refractivity contribution in [1.29, 1.82) is 0 Å². The summed E-state index contributed by atoms with van der Waals surface area (Å²) in [6.45, 7) is 11.2. The Morgan fingerprint density at radius 2 is 2.05 bits per heavy atom. The molecule has 3 nitrogen and oxygen atoms in total. The van der Waals surface area contributed by atoms with Gasteiger partial charge in [-0.25, -0.2) is 0 Å². The van der Waals surface area contributed by atoms with Gasteiger partial charge in [0.25, 0.3) is 0 Å². The summed E-state index contributed by atoms with van der Waals surface area (Å²) >= 11 is 0. The lowest BCUT2D eigenvalue weighted by atomic mass is 9.71. The lowest BCUT2D eigenvalue weighted by molar-refractivity contribution is -0.0968. The smallest absolute Gasteiger partial charge is 0.0700 e. The average Bonchev–Trinajstić information content (AvgIpc) is 2.36. The Labute approximate surface area is 118 Å². The van der Waals surface area contributed by atoms with E-state index in [4.69, 9.17) is 0 Å². The van der Waals surface area contributed by atoms with E-state index in [0.717, 1.165) is 32.5 Å². The number of likely N-dealkylation sites (tertiary alicyclic amines) is 1. The number of hydrogen-bond donors (Lipinski definition) is 2. The summed E-state index contributed by atoms with van der Waals surface area (Å²) < 4.78 is 0. The summed E-state index contributed by atoms with van der Waals surface area (Å²) in [6, 6.07) is 0.576. The van der Waals surface area contributed by atoms with Crippen molar-refractivity contribution in [2.75, 3.05) is 26.2 Å². The van der Waals surface area contributed by atoms with Crippen LogP contribution in [-0.2, 0) is 0 Å². The van der Waals surface area contributed by atoms with Crippen molar-refractivity contribution in [2.24, 2.45) is 11.8 Å². The van der Waals surface area contributed by atoms with Gasteiger partial charge < -0.3 is 15.3 Å². The van der Waals surface area contributed by atoms with E-state index in [1.54, 1.807) is 0 Å². The van der Waals surface area contributed by atoms with Crippen LogP contribution in [0, 0.1) is 11.8 Å². The molecule has 1 aliphatic heterocycles. The van der Waals surface area contributed by atoms with Gasteiger partial charge in [-0.1, -0.05) is 33.6 Å². The molecule has 2 N–H and O–H groups in total. The Bertz CT molecular complexity index is 282. The second-order valence-corrected chi connectivity index (χ2v) is 7.22. The third-order valence-electron chi connectivity index (χ3n) is 4.96. The Hall–Kier alpha value is -0.120. The quantitative estimate of drug-likeness (QED) is 0.803. The van der Waals surface area contributed by atoms with Gasteiger partial charge in [0.05, 0.1) is 5.60 Å². The minimum Gasteiger partial charge on any atom is -0.390 e. The van der Waals surface area contributed by atoms with Crippen LogP contribution in [0.25, 0.3) is 0 Å². The topological polar surface area (TPSA) is 35.5 Å². The Morgan fingerprint density at radius 3 is 2.79 bits per heavy atom. The molecule has 19 heavy (non-hydrogen) atoms. The zero-order chi connectivity index (χ0) is 13.9. The molecule has 1 saturated carbocycles. The molecule has 3 atom stereocenters. The molecule has 1 saturated heterocycles. The number of piperidine rings is 1. The molecule has 0 amide bonds. The maximum Gasteiger partial charge on any atom is 0.0700 e. The zero-order valence-electron chi connectivity index (χ0n) is 13.0. The number of rotatable bonds is 5. The van der Waals surface area contributed by atoms with E-state index in [1.807, 2.05) is 0 Å². The van der Waals surface area contributed by atoms with E-state index in [1.165, 1.54) is 25.8 Å². The van der Waals surface area contributed by atoms with Crippen LogP contribution >= 0.6 is 0 Å². The molecular weight excluding hydrogens is 236 g/mol. The molecule has 0 radical (unpaired) electrons. The number of hydrogen-bond acceptors (Lipinski definition) is 3. The van der Waals surface area contributed by atoms with Gasteiger partial charge in [0.15, 0.2) is 0 Å². The Balaban J connectivity index is 1.77. The van der Waals surface area contributed by atoms with Gasteiger partial charge in [-0.15, -0.1) is 0 Å². The molecule has 0 aromatic heterocycles. The van der Waals surface area contributed by atoms with Crippen LogP contribution in [0.4, 0.5) is 0 Å². The average molecular weight is 268 g/mol. The van der Waals surface area contributed by atoms with E-state index in [0.29, 0.717) is 17.9 Å². The first-order chi connectivity index (χ1) is 8.99. The highest BCUT2D eigenvalue weighted by Gasteiger charge is 2.42. The third kappa shape index (κ3) is 4.17. The van der Waals surface area contributed by atoms with Crippen molar-refractivity contribution in [3.8, 4) is 0 Å². The largest absolute Gasteiger partial charge is 0.390 e. The zero-order valence-corrected chi connectivity index (χ0v) is 13.0. The van der Waals surface area contributed by atoms with Gasteiger partial charge >= 0.3 is 0 Å². The lowest BCUT2D eigenvalue weighted by Gasteiger charge is -2.48. The number of aliphatic hydroxyl groups is 1. The van der Waals surface area contributed by atoms with E-state index in [2.05, 4.69) is 31.0 Å². The van der Waals surface area contributed by atoms with Crippen molar-refractivity contribution >= 4 is 0 Å². The van der Waals surface area contributed by atoms with Crippen LogP contribution in [0.5, 0.6) is 0 Å². The molecule has 112 valence electrons. The predicted octanol–water partition coefficient (Wildman–Crippen LogP) is 2.25. The second kappa shape index (κ2) is 6.55. The fraction of sp³-hybridized carbons (Fsp3) is 1.00. The minimum absolute atomic E-state index is 0.325. The van der Waals surface area contributed by atoms with Crippen LogP contribution in [-0.4, -0.2) is 47.8 Å². The van der Waals surface area contributed by atoms with Crippen LogP contribution in [0.15, 0.2) is 0 Å². The van der Waals surface area contributed by atoms with Gasteiger partial charge in [0.2, 0.25) is 0 Å². The Kier molecular flexibility index (Phi) is 5.27. The molecule has 0 spiro atoms. The first kappa shape index (κ1) is 15.3. The number of nitrogens with one attached hydrogen (secondary N) is 1. The van der Waals surface area contributed by atoms with Crippen LogP contribution in [0.2, 0.25) is 0 Å². The molecule has 0 aromatic rings. The fourth-order valence-electron chi connectivity index (χ4n) is 3.75. The molecule has 1 heterocycles. The van der Waals surface area contributed by atoms with Gasteiger partial charge in [0.1, 0.15) is 0 Å². The van der Waals surface area contributed by atoms with Crippen LogP contribution in [0.1, 0.15) is 52.9 Å². The summed E-state index contributed by atoms with van der Waals surface area (Å²) in [5.74, 6) is 1.22. The number of fused-ring (bicyclic) bond motifs is 1. The summed E-state index contributed by atoms with van der Waals surface area (Å²) in [7, 11) is 0. The molecular formula is C16H32N2O. The van der Waals surface area contributed by atoms with Gasteiger partial charge in [0, 0.05) is 31.6 Å². The Morgan fingerprint density at radius 1 is 1.26 bits per heavy atom. The highest BCUT2D eigenvalue weighted by molar-refractivity contribution is 4.95. The maximum atomic E-state index is 10.7. The van der Waals surface area contributed by atoms with Gasteiger partial charge in [-0.05, 0) is 31.7 Å². The molecule has 2 aliphatic rings. The monoisotopic (exact) mass is 268 g/mol. The lowest BCUT2D eigenvalue weighted by Crippen LogP contribution is -2.54. The highest BCUT2D eigenvalue weighted by atomic mass is 16.3. The van der Waals surface area contributed by atoms with E-state index < -0.39 is 0 Å². The molecule has 0 aromatic carbocycles. The predicted molar refractivity (Wildman–Crippen MR) is 80.3 cm³/mol. The number of nitrogens with zero attached hydrogens (tertiary/aromatic N) is 1. The normalized spacial score (nSPS) is 34.3. The highest BCUT2D eigenvalue weighted by Crippen LogP contribution is 2.39. The summed E-state index contributed by atoms with van der Waals surface area (Å²) in [5.41, 5.74) is -0.325. The molecule has 2 fully saturated rings. The van der Waals surface area contributed by atoms with Crippen molar-refractivity contribution in [3.63, 3.8) is 0 Å². The van der Waals surface area contributed by atoms with Crippen molar-refractivity contribution in [2.45, 2.75) is 64.5 Å². The summed E-state index contributed by atoms with van der Waals surface area (Å²) in [5, 5.41) is 14.2. The SMILES string of the molecule is CC(CNC(C)C)CN1CCC2(O)CCCCC2C1.